The van der Waals surface area contributed by atoms with Gasteiger partial charge in [-0.3, -0.25) is 14.5 Å². The fourth-order valence-electron chi connectivity index (χ4n) is 5.29. The van der Waals surface area contributed by atoms with E-state index >= 15 is 0 Å². The van der Waals surface area contributed by atoms with E-state index in [2.05, 4.69) is 11.2 Å². The van der Waals surface area contributed by atoms with E-state index in [0.717, 1.165) is 36.1 Å². The lowest BCUT2D eigenvalue weighted by Crippen LogP contribution is -2.52. The number of terminal acetylenes is 1. The first-order valence-corrected chi connectivity index (χ1v) is 13.1. The summed E-state index contributed by atoms with van der Waals surface area (Å²) >= 11 is 0. The highest BCUT2D eigenvalue weighted by Gasteiger charge is 2.40. The fraction of sp³-hybridized carbons (Fsp3) is 0.433. The number of aliphatic imine (C=N–C) groups is 1. The van der Waals surface area contributed by atoms with Gasteiger partial charge in [0.2, 0.25) is 5.91 Å². The molecular weight excluding hydrogens is 464 g/mol. The molecule has 194 valence electrons. The van der Waals surface area contributed by atoms with Crippen LogP contribution in [0.15, 0.2) is 53.5 Å². The molecule has 37 heavy (non-hydrogen) atoms. The van der Waals surface area contributed by atoms with Crippen LogP contribution in [0.4, 0.5) is 0 Å². The van der Waals surface area contributed by atoms with Crippen molar-refractivity contribution in [3.63, 3.8) is 0 Å². The predicted octanol–water partition coefficient (Wildman–Crippen LogP) is 4.89. The minimum Gasteiger partial charge on any atom is -0.493 e. The van der Waals surface area contributed by atoms with Gasteiger partial charge in [-0.15, -0.1) is 12.3 Å². The second-order valence-electron chi connectivity index (χ2n) is 9.78. The molecule has 3 N–H and O–H groups in total. The van der Waals surface area contributed by atoms with Crippen molar-refractivity contribution in [1.29, 1.82) is 0 Å². The fourth-order valence-corrected chi connectivity index (χ4v) is 5.29. The lowest BCUT2D eigenvalue weighted by Gasteiger charge is -2.40. The molecule has 0 saturated carbocycles. The zero-order chi connectivity index (χ0) is 26.4. The van der Waals surface area contributed by atoms with E-state index in [4.69, 9.17) is 21.9 Å². The Labute approximate surface area is 219 Å². The molecule has 0 radical (unpaired) electrons. The molecular formula is C30H36N4O3. The number of benzene rings is 2. The maximum Gasteiger partial charge on any atom is 0.251 e. The van der Waals surface area contributed by atoms with Gasteiger partial charge in [-0.2, -0.15) is 0 Å². The van der Waals surface area contributed by atoms with Crippen molar-refractivity contribution in [2.45, 2.75) is 76.4 Å². The van der Waals surface area contributed by atoms with E-state index in [9.17, 15) is 9.59 Å². The molecule has 1 unspecified atom stereocenters. The number of unbranched alkanes of at least 4 members (excludes halogenated alkanes) is 1. The Morgan fingerprint density at radius 2 is 2.05 bits per heavy atom. The third-order valence-corrected chi connectivity index (χ3v) is 7.57. The Morgan fingerprint density at radius 3 is 2.78 bits per heavy atom. The van der Waals surface area contributed by atoms with Gasteiger partial charge < -0.3 is 15.8 Å². The van der Waals surface area contributed by atoms with Crippen LogP contribution < -0.4 is 15.8 Å². The molecule has 0 saturated heterocycles. The number of amides is 2. The van der Waals surface area contributed by atoms with E-state index in [-0.39, 0.29) is 29.9 Å². The zero-order valence-corrected chi connectivity index (χ0v) is 21.7. The molecule has 2 atom stereocenters. The summed E-state index contributed by atoms with van der Waals surface area (Å²) < 4.78 is 5.73. The average molecular weight is 501 g/mol. The van der Waals surface area contributed by atoms with Gasteiger partial charge in [-0.25, -0.2) is 4.99 Å². The van der Waals surface area contributed by atoms with Crippen LogP contribution in [0.5, 0.6) is 5.75 Å². The summed E-state index contributed by atoms with van der Waals surface area (Å²) in [5.74, 6) is 3.49. The van der Waals surface area contributed by atoms with Gasteiger partial charge in [-0.05, 0) is 49.4 Å². The molecule has 2 aromatic carbocycles. The van der Waals surface area contributed by atoms with Crippen molar-refractivity contribution in [1.82, 2.24) is 10.2 Å². The van der Waals surface area contributed by atoms with Crippen LogP contribution in [0.2, 0.25) is 0 Å². The quantitative estimate of drug-likeness (QED) is 0.378. The molecule has 2 heterocycles. The number of rotatable bonds is 9. The number of carbonyl (C=O) groups is 2. The largest absolute Gasteiger partial charge is 0.493 e. The molecule has 0 bridgehead atoms. The summed E-state index contributed by atoms with van der Waals surface area (Å²) in [7, 11) is 0. The summed E-state index contributed by atoms with van der Waals surface area (Å²) in [4.78, 5) is 33.1. The summed E-state index contributed by atoms with van der Waals surface area (Å²) in [5.41, 5.74) is 8.31. The van der Waals surface area contributed by atoms with Crippen LogP contribution in [0.1, 0.15) is 92.4 Å². The zero-order valence-electron chi connectivity index (χ0n) is 21.7. The van der Waals surface area contributed by atoms with Crippen LogP contribution in [0.25, 0.3) is 0 Å². The number of fused-ring (bicyclic) bond motifs is 1. The molecule has 0 fully saturated rings. The van der Waals surface area contributed by atoms with Crippen molar-refractivity contribution in [3.05, 3.63) is 65.2 Å². The first-order chi connectivity index (χ1) is 17.9. The monoisotopic (exact) mass is 500 g/mol. The van der Waals surface area contributed by atoms with Crippen LogP contribution in [0, 0.1) is 12.3 Å². The van der Waals surface area contributed by atoms with Crippen molar-refractivity contribution < 1.29 is 14.3 Å². The number of hydrogen-bond donors (Lipinski definition) is 2. The van der Waals surface area contributed by atoms with Crippen LogP contribution in [0.3, 0.4) is 0 Å². The highest BCUT2D eigenvalue weighted by Crippen LogP contribution is 2.36. The Balaban J connectivity index is 1.61. The molecule has 0 aromatic heterocycles. The van der Waals surface area contributed by atoms with Crippen LogP contribution in [-0.4, -0.2) is 34.8 Å². The first-order valence-electron chi connectivity index (χ1n) is 13.1. The molecule has 4 rings (SSSR count). The maximum absolute atomic E-state index is 13.4. The number of nitrogens with one attached hydrogen (secondary N) is 1. The van der Waals surface area contributed by atoms with Crippen LogP contribution >= 0.6 is 0 Å². The summed E-state index contributed by atoms with van der Waals surface area (Å²) in [6.45, 7) is 4.62. The highest BCUT2D eigenvalue weighted by atomic mass is 16.5. The number of ether oxygens (including phenoxy) is 1. The minimum absolute atomic E-state index is 0.0458. The summed E-state index contributed by atoms with van der Waals surface area (Å²) in [6.07, 6.45) is 9.94. The van der Waals surface area contributed by atoms with E-state index < -0.39 is 5.54 Å². The Bertz CT molecular complexity index is 1210. The normalized spacial score (nSPS) is 19.2. The number of carbonyl (C=O) groups excluding carboxylic acids is 2. The maximum atomic E-state index is 13.4. The van der Waals surface area contributed by atoms with Gasteiger partial charge in [-0.1, -0.05) is 44.2 Å². The number of para-hydroxylation sites is 1. The third kappa shape index (κ3) is 5.64. The van der Waals surface area contributed by atoms with Crippen LogP contribution in [-0.2, 0) is 4.79 Å². The van der Waals surface area contributed by atoms with Crippen molar-refractivity contribution >= 4 is 17.8 Å². The molecule has 7 nitrogen and oxygen atoms in total. The van der Waals surface area contributed by atoms with Gasteiger partial charge in [0, 0.05) is 24.0 Å². The van der Waals surface area contributed by atoms with Gasteiger partial charge in [0.1, 0.15) is 5.75 Å². The first kappa shape index (κ1) is 26.3. The number of hydrogen-bond acceptors (Lipinski definition) is 5. The summed E-state index contributed by atoms with van der Waals surface area (Å²) in [6, 6.07) is 14.7. The SMILES string of the molecule is C#CCCCC(c1cccc(C(=O)N[C@H]2CCOc3ccccc32)c1)N1C(=O)CC(CC)(CC)N=C1N. The van der Waals surface area contributed by atoms with E-state index in [1.807, 2.05) is 56.3 Å². The smallest absolute Gasteiger partial charge is 0.251 e. The second-order valence-corrected chi connectivity index (χ2v) is 9.78. The number of nitrogens with zero attached hydrogens (tertiary/aromatic N) is 2. The van der Waals surface area contributed by atoms with Gasteiger partial charge >= 0.3 is 0 Å². The molecule has 2 aromatic rings. The van der Waals surface area contributed by atoms with Crippen molar-refractivity contribution in [2.75, 3.05) is 6.61 Å². The Hall–Kier alpha value is -3.79. The van der Waals surface area contributed by atoms with E-state index in [1.165, 1.54) is 0 Å². The lowest BCUT2D eigenvalue weighted by atomic mass is 9.87. The van der Waals surface area contributed by atoms with Crippen molar-refractivity contribution in [2.24, 2.45) is 10.7 Å². The molecule has 2 aliphatic heterocycles. The Kier molecular flexibility index (Phi) is 8.17. The molecule has 2 amide bonds. The van der Waals surface area contributed by atoms with Crippen molar-refractivity contribution in [3.8, 4) is 18.1 Å². The Morgan fingerprint density at radius 1 is 1.27 bits per heavy atom. The molecule has 0 spiro atoms. The molecule has 0 aliphatic carbocycles. The molecule has 7 heteroatoms. The second kappa shape index (κ2) is 11.5. The summed E-state index contributed by atoms with van der Waals surface area (Å²) in [5, 5.41) is 3.16. The number of guanidine groups is 1. The van der Waals surface area contributed by atoms with E-state index in [0.29, 0.717) is 37.9 Å². The third-order valence-electron chi connectivity index (χ3n) is 7.57. The molecule has 2 aliphatic rings. The van der Waals surface area contributed by atoms with E-state index in [1.54, 1.807) is 11.0 Å². The topological polar surface area (TPSA) is 97.0 Å². The van der Waals surface area contributed by atoms with Gasteiger partial charge in [0.25, 0.3) is 5.91 Å². The van der Waals surface area contributed by atoms with Gasteiger partial charge in [0.05, 0.1) is 30.7 Å². The number of nitrogens with two attached hydrogens (primary N) is 1. The predicted molar refractivity (Wildman–Crippen MR) is 145 cm³/mol. The highest BCUT2D eigenvalue weighted by molar-refractivity contribution is 6.00. The van der Waals surface area contributed by atoms with Gasteiger partial charge in [0.15, 0.2) is 5.96 Å². The average Bonchev–Trinajstić information content (AvgIpc) is 2.92. The lowest BCUT2D eigenvalue weighted by molar-refractivity contribution is -0.131. The minimum atomic E-state index is -0.456. The standard InChI is InChI=1S/C30H36N4O3/c1-4-7-8-15-25(34-27(35)20-30(5-2,6-3)33-29(34)31)21-12-11-13-22(19-21)28(36)32-24-17-18-37-26-16-10-9-14-23(24)26/h1,9-14,16,19,24-25H,5-8,15,17-18,20H2,2-3H3,(H2,31,33)(H,32,36)/t24-,25?/m0/s1.